The first-order valence-electron chi connectivity index (χ1n) is 6.28. The molecule has 0 atom stereocenters. The summed E-state index contributed by atoms with van der Waals surface area (Å²) in [6, 6.07) is 2.46. The normalized spacial score (nSPS) is 13.7. The van der Waals surface area contributed by atoms with Gasteiger partial charge in [-0.3, -0.25) is 9.98 Å². The van der Waals surface area contributed by atoms with Crippen molar-refractivity contribution in [3.05, 3.63) is 35.8 Å². The molecule has 25 heavy (non-hydrogen) atoms. The third-order valence-electron chi connectivity index (χ3n) is 2.61. The summed E-state index contributed by atoms with van der Waals surface area (Å²) in [5.74, 6) is -0.849. The zero-order chi connectivity index (χ0) is 19.3. The lowest BCUT2D eigenvalue weighted by atomic mass is 10.1. The third-order valence-corrected chi connectivity index (χ3v) is 3.58. The van der Waals surface area contributed by atoms with E-state index in [2.05, 4.69) is 14.2 Å². The van der Waals surface area contributed by atoms with Crippen LogP contribution < -0.4 is 15.7 Å². The molecule has 4 N–H and O–H groups in total. The fraction of sp³-hybridized carbons (Fsp3) is 0.154. The van der Waals surface area contributed by atoms with E-state index in [0.29, 0.717) is 0 Å². The van der Waals surface area contributed by atoms with Gasteiger partial charge in [0.25, 0.3) is 0 Å². The van der Waals surface area contributed by atoms with Crippen molar-refractivity contribution in [3.63, 3.8) is 0 Å². The zero-order valence-electron chi connectivity index (χ0n) is 12.6. The van der Waals surface area contributed by atoms with Gasteiger partial charge in [-0.2, -0.15) is 26.9 Å². The molecular formula is C13H12F3N5O3S. The molecule has 1 aromatic heterocycles. The summed E-state index contributed by atoms with van der Waals surface area (Å²) < 4.78 is 64.2. The number of rotatable bonds is 5. The molecule has 0 amide bonds. The van der Waals surface area contributed by atoms with Gasteiger partial charge in [0.2, 0.25) is 0 Å². The minimum absolute atomic E-state index is 0.0224. The van der Waals surface area contributed by atoms with Gasteiger partial charge in [-0.15, -0.1) is 0 Å². The number of hydrogen-bond donors (Lipinski definition) is 2. The first-order valence-corrected chi connectivity index (χ1v) is 7.69. The molecule has 0 spiro atoms. The molecule has 1 heterocycles. The van der Waals surface area contributed by atoms with Gasteiger partial charge < -0.3 is 15.7 Å². The van der Waals surface area contributed by atoms with Gasteiger partial charge in [0.15, 0.2) is 5.75 Å². The fourth-order valence-corrected chi connectivity index (χ4v) is 1.91. The number of alkyl halides is 3. The Morgan fingerprint density at radius 3 is 2.60 bits per heavy atom. The lowest BCUT2D eigenvalue weighted by Crippen LogP contribution is -2.28. The topological polar surface area (TPSA) is 144 Å². The quantitative estimate of drug-likeness (QED) is 0.340. The van der Waals surface area contributed by atoms with Crippen LogP contribution in [0.15, 0.2) is 29.5 Å². The Labute approximate surface area is 141 Å². The maximum atomic E-state index is 12.6. The Bertz CT molecular complexity index is 883. The molecule has 1 rings (SSSR count). The van der Waals surface area contributed by atoms with Crippen LogP contribution in [-0.2, 0) is 10.1 Å². The van der Waals surface area contributed by atoms with E-state index in [-0.39, 0.29) is 11.3 Å². The molecule has 0 aliphatic rings. The lowest BCUT2D eigenvalue weighted by molar-refractivity contribution is -0.0500. The first-order chi connectivity index (χ1) is 11.6. The molecule has 0 aliphatic heterocycles. The molecule has 0 saturated carbocycles. The van der Waals surface area contributed by atoms with E-state index in [4.69, 9.17) is 16.7 Å². The van der Waals surface area contributed by atoms with Gasteiger partial charge in [-0.1, -0.05) is 0 Å². The van der Waals surface area contributed by atoms with E-state index in [1.165, 1.54) is 19.3 Å². The second kappa shape index (κ2) is 7.67. The van der Waals surface area contributed by atoms with Crippen LogP contribution in [0.5, 0.6) is 5.75 Å². The number of halogens is 3. The lowest BCUT2D eigenvalue weighted by Gasteiger charge is -2.13. The van der Waals surface area contributed by atoms with E-state index in [0.717, 1.165) is 18.5 Å². The summed E-state index contributed by atoms with van der Waals surface area (Å²) in [6.45, 7) is 0. The molecule has 0 unspecified atom stereocenters. The number of hydrogen-bond acceptors (Lipinski definition) is 8. The maximum Gasteiger partial charge on any atom is 0.534 e. The van der Waals surface area contributed by atoms with Crippen molar-refractivity contribution in [3.8, 4) is 11.8 Å². The highest BCUT2D eigenvalue weighted by atomic mass is 32.2. The van der Waals surface area contributed by atoms with Crippen LogP contribution in [0, 0.1) is 11.3 Å². The van der Waals surface area contributed by atoms with Crippen molar-refractivity contribution in [2.24, 2.45) is 16.5 Å². The van der Waals surface area contributed by atoms with E-state index < -0.39 is 32.6 Å². The van der Waals surface area contributed by atoms with Crippen LogP contribution in [0.2, 0.25) is 0 Å². The molecule has 0 aliphatic carbocycles. The van der Waals surface area contributed by atoms with Crippen molar-refractivity contribution in [2.75, 3.05) is 7.05 Å². The van der Waals surface area contributed by atoms with Crippen LogP contribution in [0.25, 0.3) is 11.3 Å². The number of nitrogens with two attached hydrogens (primary N) is 2. The van der Waals surface area contributed by atoms with Crippen molar-refractivity contribution >= 4 is 27.6 Å². The first kappa shape index (κ1) is 20.0. The second-order valence-corrected chi connectivity index (χ2v) is 5.81. The Balaban J connectivity index is 3.56. The minimum Gasteiger partial charge on any atom is -0.403 e. The summed E-state index contributed by atoms with van der Waals surface area (Å²) >= 11 is 0. The highest BCUT2D eigenvalue weighted by molar-refractivity contribution is 7.88. The summed E-state index contributed by atoms with van der Waals surface area (Å²) in [6.07, 6.45) is 4.47. The van der Waals surface area contributed by atoms with Gasteiger partial charge in [0.1, 0.15) is 11.8 Å². The van der Waals surface area contributed by atoms with Gasteiger partial charge in [0.05, 0.1) is 5.57 Å². The largest absolute Gasteiger partial charge is 0.534 e. The second-order valence-electron chi connectivity index (χ2n) is 4.28. The van der Waals surface area contributed by atoms with Gasteiger partial charge in [0, 0.05) is 36.9 Å². The predicted molar refractivity (Wildman–Crippen MR) is 84.2 cm³/mol. The standard InChI is InChI=1S/C13H12F3N5O3S/c1-20-3-2-10(19)8-4-11(24-25(22,23)13(14,15)16)12(21-7-8)9(5-17)6-18/h2-5,7H,17,19H2,1H3/b9-5-,10-2-,20-3?. The van der Waals surface area contributed by atoms with E-state index in [1.54, 1.807) is 6.07 Å². The summed E-state index contributed by atoms with van der Waals surface area (Å²) in [5.41, 5.74) is 4.40. The van der Waals surface area contributed by atoms with Crippen LogP contribution in [0.1, 0.15) is 11.3 Å². The molecular weight excluding hydrogens is 363 g/mol. The van der Waals surface area contributed by atoms with Gasteiger partial charge in [-0.05, 0) is 12.1 Å². The van der Waals surface area contributed by atoms with Crippen LogP contribution in [-0.4, -0.2) is 32.2 Å². The summed E-state index contributed by atoms with van der Waals surface area (Å²) in [4.78, 5) is 7.36. The van der Waals surface area contributed by atoms with E-state index >= 15 is 0 Å². The molecule has 0 radical (unpaired) electrons. The van der Waals surface area contributed by atoms with Gasteiger partial charge in [-0.25, -0.2) is 0 Å². The fourth-order valence-electron chi connectivity index (χ4n) is 1.45. The minimum atomic E-state index is -5.99. The monoisotopic (exact) mass is 375 g/mol. The third kappa shape index (κ3) is 4.70. The number of pyridine rings is 1. The number of nitrogens with zero attached hydrogens (tertiary/aromatic N) is 3. The van der Waals surface area contributed by atoms with Crippen molar-refractivity contribution in [2.45, 2.75) is 5.51 Å². The van der Waals surface area contributed by atoms with Crippen LogP contribution >= 0.6 is 0 Å². The Kier molecular flexibility index (Phi) is 6.13. The van der Waals surface area contributed by atoms with Crippen molar-refractivity contribution in [1.29, 1.82) is 5.26 Å². The van der Waals surface area contributed by atoms with E-state index in [9.17, 15) is 21.6 Å². The number of nitriles is 1. The molecule has 0 fully saturated rings. The van der Waals surface area contributed by atoms with Crippen LogP contribution in [0.4, 0.5) is 13.2 Å². The molecule has 0 saturated heterocycles. The predicted octanol–water partition coefficient (Wildman–Crippen LogP) is 1.13. The summed E-state index contributed by atoms with van der Waals surface area (Å²) in [7, 11) is -4.53. The summed E-state index contributed by atoms with van der Waals surface area (Å²) in [5, 5.41) is 8.94. The maximum absolute atomic E-state index is 12.6. The average molecular weight is 375 g/mol. The smallest absolute Gasteiger partial charge is 0.403 e. The number of aliphatic imine (C=N–C) groups is 1. The molecule has 0 aromatic carbocycles. The highest BCUT2D eigenvalue weighted by Gasteiger charge is 2.49. The zero-order valence-corrected chi connectivity index (χ0v) is 13.5. The van der Waals surface area contributed by atoms with Crippen molar-refractivity contribution in [1.82, 2.24) is 4.98 Å². The Morgan fingerprint density at radius 1 is 1.48 bits per heavy atom. The van der Waals surface area contributed by atoms with Crippen LogP contribution in [0.3, 0.4) is 0 Å². The van der Waals surface area contributed by atoms with E-state index in [1.807, 2.05) is 0 Å². The highest BCUT2D eigenvalue weighted by Crippen LogP contribution is 2.32. The number of allylic oxidation sites excluding steroid dienone is 2. The Hall–Kier alpha value is -3.07. The molecule has 12 heteroatoms. The number of aromatic nitrogens is 1. The molecule has 134 valence electrons. The average Bonchev–Trinajstić information content (AvgIpc) is 2.53. The van der Waals surface area contributed by atoms with Gasteiger partial charge >= 0.3 is 15.6 Å². The SMILES string of the molecule is CN=C/C=C(\N)c1cnc(/C(C#N)=C\N)c(OS(=O)(=O)C(F)(F)F)c1. The molecule has 1 aromatic rings. The molecule has 0 bridgehead atoms. The Morgan fingerprint density at radius 2 is 2.12 bits per heavy atom. The van der Waals surface area contributed by atoms with Crippen molar-refractivity contribution < 1.29 is 25.8 Å². The molecule has 8 nitrogen and oxygen atoms in total.